The van der Waals surface area contributed by atoms with Gasteiger partial charge in [-0.15, -0.1) is 0 Å². The second kappa shape index (κ2) is 5.28. The smallest absolute Gasteiger partial charge is 0.244 e. The summed E-state index contributed by atoms with van der Waals surface area (Å²) >= 11 is 2.03. The predicted octanol–water partition coefficient (Wildman–Crippen LogP) is 2.75. The Morgan fingerprint density at radius 2 is 1.84 bits per heavy atom. The number of nitrogens with zero attached hydrogens (tertiary/aromatic N) is 1. The van der Waals surface area contributed by atoms with Gasteiger partial charge in [-0.25, -0.2) is 0 Å². The summed E-state index contributed by atoms with van der Waals surface area (Å²) in [6.45, 7) is 3.11. The lowest BCUT2D eigenvalue weighted by atomic mass is 9.81. The number of nitrogens with one attached hydrogen (secondary N) is 1. The van der Waals surface area contributed by atoms with Crippen LogP contribution in [-0.4, -0.2) is 40.1 Å². The predicted molar refractivity (Wildman–Crippen MR) is 80.2 cm³/mol. The van der Waals surface area contributed by atoms with Crippen LogP contribution in [0.2, 0.25) is 0 Å². The largest absolute Gasteiger partial charge is 0.323 e. The van der Waals surface area contributed by atoms with Gasteiger partial charge in [-0.05, 0) is 43.6 Å². The van der Waals surface area contributed by atoms with E-state index in [2.05, 4.69) is 17.1 Å². The number of amides is 1. The van der Waals surface area contributed by atoms with Gasteiger partial charge in [-0.2, -0.15) is 11.8 Å². The molecule has 19 heavy (non-hydrogen) atoms. The van der Waals surface area contributed by atoms with E-state index < -0.39 is 0 Å². The second-order valence-electron chi connectivity index (χ2n) is 6.37. The molecule has 3 fully saturated rings. The number of thioether (sulfide) groups is 1. The number of carbonyl (C=O) groups is 1. The van der Waals surface area contributed by atoms with Crippen molar-refractivity contribution >= 4 is 17.7 Å². The molecule has 0 atom stereocenters. The molecule has 4 heteroatoms. The average molecular weight is 282 g/mol. The molecule has 0 aromatic heterocycles. The summed E-state index contributed by atoms with van der Waals surface area (Å²) in [6, 6.07) is 0. The normalized spacial score (nSPS) is 29.3. The summed E-state index contributed by atoms with van der Waals surface area (Å²) in [5.74, 6) is 2.80. The number of hydrogen-bond acceptors (Lipinski definition) is 3. The van der Waals surface area contributed by atoms with E-state index in [1.165, 1.54) is 30.8 Å². The summed E-state index contributed by atoms with van der Waals surface area (Å²) < 4.78 is 0. The minimum absolute atomic E-state index is 0.00428. The van der Waals surface area contributed by atoms with Crippen LogP contribution >= 0.6 is 11.8 Å². The van der Waals surface area contributed by atoms with Crippen LogP contribution in [0.15, 0.2) is 0 Å². The molecule has 1 amide bonds. The SMILES string of the molecule is CCCN1C(=O)C2(CCCCC2)NC12CCSCC2. The summed E-state index contributed by atoms with van der Waals surface area (Å²) in [4.78, 5) is 15.2. The molecule has 0 aromatic rings. The molecule has 3 aliphatic rings. The molecule has 2 aliphatic heterocycles. The molecule has 1 N–H and O–H groups in total. The molecule has 0 unspecified atom stereocenters. The van der Waals surface area contributed by atoms with Crippen molar-refractivity contribution in [1.82, 2.24) is 10.2 Å². The van der Waals surface area contributed by atoms with E-state index >= 15 is 0 Å². The molecular formula is C15H26N2OS. The number of hydrogen-bond donors (Lipinski definition) is 1. The zero-order valence-electron chi connectivity index (χ0n) is 12.0. The van der Waals surface area contributed by atoms with Gasteiger partial charge in [-0.1, -0.05) is 26.2 Å². The monoisotopic (exact) mass is 282 g/mol. The first-order valence-electron chi connectivity index (χ1n) is 7.92. The maximum absolute atomic E-state index is 13.0. The highest BCUT2D eigenvalue weighted by Gasteiger charge is 2.58. The van der Waals surface area contributed by atoms with Crippen LogP contribution in [-0.2, 0) is 4.79 Å². The van der Waals surface area contributed by atoms with Crippen LogP contribution in [0.5, 0.6) is 0 Å². The Kier molecular flexibility index (Phi) is 3.82. The van der Waals surface area contributed by atoms with Crippen LogP contribution < -0.4 is 5.32 Å². The topological polar surface area (TPSA) is 32.3 Å². The summed E-state index contributed by atoms with van der Waals surface area (Å²) in [5, 5.41) is 3.87. The minimum Gasteiger partial charge on any atom is -0.323 e. The van der Waals surface area contributed by atoms with Crippen LogP contribution in [0.4, 0.5) is 0 Å². The lowest BCUT2D eigenvalue weighted by Gasteiger charge is -2.41. The fraction of sp³-hybridized carbons (Fsp3) is 0.933. The molecule has 2 spiro atoms. The lowest BCUT2D eigenvalue weighted by Crippen LogP contribution is -2.57. The van der Waals surface area contributed by atoms with E-state index in [4.69, 9.17) is 0 Å². The van der Waals surface area contributed by atoms with Gasteiger partial charge < -0.3 is 4.90 Å². The molecule has 2 saturated heterocycles. The van der Waals surface area contributed by atoms with Gasteiger partial charge >= 0.3 is 0 Å². The van der Waals surface area contributed by atoms with E-state index in [0.29, 0.717) is 5.91 Å². The molecule has 1 aliphatic carbocycles. The van der Waals surface area contributed by atoms with Gasteiger partial charge in [0.05, 0.1) is 11.2 Å². The standard InChI is InChI=1S/C15H26N2OS/c1-2-10-17-13(18)14(6-4-3-5-7-14)16-15(17)8-11-19-12-9-15/h16H,2-12H2,1H3. The quantitative estimate of drug-likeness (QED) is 0.845. The van der Waals surface area contributed by atoms with Gasteiger partial charge in [0.1, 0.15) is 0 Å². The van der Waals surface area contributed by atoms with Crippen LogP contribution in [0.25, 0.3) is 0 Å². The van der Waals surface area contributed by atoms with Crippen molar-refractivity contribution in [1.29, 1.82) is 0 Å². The number of rotatable bonds is 2. The Labute approximate surface area is 120 Å². The second-order valence-corrected chi connectivity index (χ2v) is 7.59. The first kappa shape index (κ1) is 13.7. The molecule has 3 nitrogen and oxygen atoms in total. The maximum Gasteiger partial charge on any atom is 0.244 e. The number of carbonyl (C=O) groups excluding carboxylic acids is 1. The third-order valence-electron chi connectivity index (χ3n) is 5.12. The van der Waals surface area contributed by atoms with Crippen LogP contribution in [0.3, 0.4) is 0 Å². The molecule has 0 aromatic carbocycles. The highest BCUT2D eigenvalue weighted by Crippen LogP contribution is 2.43. The van der Waals surface area contributed by atoms with Crippen molar-refractivity contribution in [3.63, 3.8) is 0 Å². The Bertz CT molecular complexity index is 346. The third kappa shape index (κ3) is 2.21. The van der Waals surface area contributed by atoms with Crippen molar-refractivity contribution in [2.75, 3.05) is 18.1 Å². The highest BCUT2D eigenvalue weighted by molar-refractivity contribution is 7.99. The van der Waals surface area contributed by atoms with E-state index in [9.17, 15) is 4.79 Å². The zero-order chi connectivity index (χ0) is 13.3. The lowest BCUT2D eigenvalue weighted by molar-refractivity contribution is -0.136. The van der Waals surface area contributed by atoms with Gasteiger partial charge in [-0.3, -0.25) is 10.1 Å². The van der Waals surface area contributed by atoms with Crippen molar-refractivity contribution in [3.05, 3.63) is 0 Å². The Balaban J connectivity index is 1.88. The Morgan fingerprint density at radius 3 is 2.47 bits per heavy atom. The summed E-state index contributed by atoms with van der Waals surface area (Å²) in [5.41, 5.74) is -0.203. The first-order valence-corrected chi connectivity index (χ1v) is 9.07. The van der Waals surface area contributed by atoms with Crippen molar-refractivity contribution in [2.45, 2.75) is 69.5 Å². The molecule has 3 rings (SSSR count). The van der Waals surface area contributed by atoms with E-state index in [-0.39, 0.29) is 11.2 Å². The van der Waals surface area contributed by atoms with Crippen molar-refractivity contribution in [2.24, 2.45) is 0 Å². The average Bonchev–Trinajstić information content (AvgIpc) is 2.64. The van der Waals surface area contributed by atoms with Crippen molar-refractivity contribution in [3.8, 4) is 0 Å². The van der Waals surface area contributed by atoms with Crippen molar-refractivity contribution < 1.29 is 4.79 Å². The Hall–Kier alpha value is -0.220. The third-order valence-corrected chi connectivity index (χ3v) is 6.10. The van der Waals surface area contributed by atoms with E-state index in [1.807, 2.05) is 11.8 Å². The molecule has 0 radical (unpaired) electrons. The van der Waals surface area contributed by atoms with E-state index in [0.717, 1.165) is 38.6 Å². The van der Waals surface area contributed by atoms with Gasteiger partial charge in [0.25, 0.3) is 0 Å². The molecular weight excluding hydrogens is 256 g/mol. The summed E-state index contributed by atoms with van der Waals surface area (Å²) in [6.07, 6.45) is 9.16. The Morgan fingerprint density at radius 1 is 1.16 bits per heavy atom. The molecule has 108 valence electrons. The minimum atomic E-state index is -0.199. The highest BCUT2D eigenvalue weighted by atomic mass is 32.2. The van der Waals surface area contributed by atoms with Crippen LogP contribution in [0, 0.1) is 0 Å². The van der Waals surface area contributed by atoms with Gasteiger partial charge in [0.15, 0.2) is 0 Å². The molecule has 2 heterocycles. The fourth-order valence-electron chi connectivity index (χ4n) is 4.16. The van der Waals surface area contributed by atoms with Gasteiger partial charge in [0, 0.05) is 6.54 Å². The van der Waals surface area contributed by atoms with E-state index in [1.54, 1.807) is 0 Å². The molecule has 1 saturated carbocycles. The van der Waals surface area contributed by atoms with Crippen LogP contribution in [0.1, 0.15) is 58.3 Å². The first-order chi connectivity index (χ1) is 9.22. The summed E-state index contributed by atoms with van der Waals surface area (Å²) in [7, 11) is 0. The van der Waals surface area contributed by atoms with Gasteiger partial charge in [0.2, 0.25) is 5.91 Å². The molecule has 0 bridgehead atoms. The maximum atomic E-state index is 13.0. The zero-order valence-corrected chi connectivity index (χ0v) is 12.9. The fourth-order valence-corrected chi connectivity index (χ4v) is 5.32.